The first-order valence-corrected chi connectivity index (χ1v) is 11.8. The van der Waals surface area contributed by atoms with Crippen molar-refractivity contribution >= 4 is 11.8 Å². The number of anilines is 1. The molecule has 0 bridgehead atoms. The monoisotopic (exact) mass is 499 g/mol. The van der Waals surface area contributed by atoms with Gasteiger partial charge in [0, 0.05) is 20.0 Å². The Morgan fingerprint density at radius 1 is 1.26 bits per heavy atom. The number of halogens is 4. The molecule has 1 fully saturated rings. The minimum atomic E-state index is -4.73. The van der Waals surface area contributed by atoms with Crippen molar-refractivity contribution in [1.29, 1.82) is 0 Å². The molecule has 1 aromatic rings. The van der Waals surface area contributed by atoms with Crippen molar-refractivity contribution in [2.24, 2.45) is 5.11 Å². The Kier molecular flexibility index (Phi) is 6.82. The molecule has 1 saturated heterocycles. The Morgan fingerprint density at radius 3 is 2.63 bits per heavy atom. The summed E-state index contributed by atoms with van der Waals surface area (Å²) in [5.41, 5.74) is -0.325. The zero-order valence-corrected chi connectivity index (χ0v) is 20.4. The zero-order chi connectivity index (χ0) is 25.5. The first-order valence-electron chi connectivity index (χ1n) is 11.8. The van der Waals surface area contributed by atoms with E-state index >= 15 is 0 Å². The largest absolute Gasteiger partial charge is 0.444 e. The van der Waals surface area contributed by atoms with Crippen LogP contribution >= 0.6 is 0 Å². The molecule has 0 spiro atoms. The highest BCUT2D eigenvalue weighted by molar-refractivity contribution is 5.69. The van der Waals surface area contributed by atoms with E-state index < -0.39 is 35.4 Å². The number of carbonyl (C=O) groups excluding carboxylic acids is 1. The van der Waals surface area contributed by atoms with Gasteiger partial charge in [-0.15, -0.1) is 0 Å². The highest BCUT2D eigenvalue weighted by Gasteiger charge is 2.47. The fraction of sp³-hybridized carbons (Fsp3) is 0.625. The van der Waals surface area contributed by atoms with E-state index in [2.05, 4.69) is 0 Å². The van der Waals surface area contributed by atoms with Crippen LogP contribution in [0.15, 0.2) is 34.6 Å². The number of hydrogen-bond acceptors (Lipinski definition) is 5. The van der Waals surface area contributed by atoms with Crippen LogP contribution in [-0.4, -0.2) is 60.4 Å². The number of benzene rings is 1. The topological polar surface area (TPSA) is 57.4 Å². The summed E-state index contributed by atoms with van der Waals surface area (Å²) in [5.74, 6) is -0.958. The quantitative estimate of drug-likeness (QED) is 0.407. The molecule has 0 N–H and O–H groups in total. The number of azo groups is 2. The second-order valence-corrected chi connectivity index (χ2v) is 10.0. The molecule has 2 unspecified atom stereocenters. The van der Waals surface area contributed by atoms with Crippen LogP contribution in [0.25, 0.3) is 0 Å². The summed E-state index contributed by atoms with van der Waals surface area (Å²) in [6.07, 6.45) is -3.29. The lowest BCUT2D eigenvalue weighted by atomic mass is 10.0. The van der Waals surface area contributed by atoms with Gasteiger partial charge in [0.15, 0.2) is 0 Å². The molecule has 0 aromatic heterocycles. The molecule has 0 saturated carbocycles. The fourth-order valence-corrected chi connectivity index (χ4v) is 4.65. The minimum Gasteiger partial charge on any atom is -0.444 e. The van der Waals surface area contributed by atoms with Crippen LogP contribution in [0.1, 0.15) is 52.0 Å². The first kappa shape index (κ1) is 25.4. The summed E-state index contributed by atoms with van der Waals surface area (Å²) >= 11 is 0. The second kappa shape index (κ2) is 9.40. The highest BCUT2D eigenvalue weighted by Crippen LogP contribution is 2.41. The molecule has 1 aromatic carbocycles. The van der Waals surface area contributed by atoms with Gasteiger partial charge in [-0.25, -0.2) is 9.18 Å². The number of amides is 1. The summed E-state index contributed by atoms with van der Waals surface area (Å²) in [4.78, 5) is 15.7. The molecule has 11 heteroatoms. The third-order valence-corrected chi connectivity index (χ3v) is 6.28. The minimum absolute atomic E-state index is 0.166. The predicted molar refractivity (Wildman–Crippen MR) is 119 cm³/mol. The Balaban J connectivity index is 1.69. The molecule has 35 heavy (non-hydrogen) atoms. The van der Waals surface area contributed by atoms with Gasteiger partial charge in [0.25, 0.3) is 6.23 Å². The number of ether oxygens (including phenoxy) is 2. The molecule has 0 aliphatic carbocycles. The second-order valence-electron chi connectivity index (χ2n) is 10.0. The molecule has 3 aliphatic rings. The van der Waals surface area contributed by atoms with Crippen LogP contribution < -0.4 is 4.90 Å². The average molecular weight is 500 g/mol. The van der Waals surface area contributed by atoms with E-state index in [0.29, 0.717) is 32.1 Å². The SMILES string of the molecule is CN(c1ccc(F)cc1C(F)(F)F)C1N=[N+](C2CCCCO2)C2=C1CCN(C(=O)OC(C)(C)C)C2. The number of alkyl halides is 3. The van der Waals surface area contributed by atoms with Gasteiger partial charge in [-0.3, -0.25) is 4.90 Å². The van der Waals surface area contributed by atoms with Crippen molar-refractivity contribution in [2.75, 3.05) is 31.6 Å². The molecule has 7 nitrogen and oxygen atoms in total. The van der Waals surface area contributed by atoms with Crippen LogP contribution in [0, 0.1) is 5.82 Å². The number of nitrogens with zero attached hydrogens (tertiary/aromatic N) is 4. The van der Waals surface area contributed by atoms with Gasteiger partial charge in [0.1, 0.15) is 18.0 Å². The van der Waals surface area contributed by atoms with Crippen molar-refractivity contribution in [3.05, 3.63) is 40.8 Å². The van der Waals surface area contributed by atoms with E-state index in [1.54, 1.807) is 30.4 Å². The van der Waals surface area contributed by atoms with Crippen molar-refractivity contribution in [3.8, 4) is 0 Å². The lowest BCUT2D eigenvalue weighted by molar-refractivity contribution is -0.631. The molecule has 2 atom stereocenters. The summed E-state index contributed by atoms with van der Waals surface area (Å²) in [6.45, 7) is 6.50. The molecule has 3 heterocycles. The van der Waals surface area contributed by atoms with Crippen LogP contribution in [-0.2, 0) is 15.7 Å². The van der Waals surface area contributed by atoms with Crippen LogP contribution in [0.5, 0.6) is 0 Å². The molecular weight excluding hydrogens is 468 g/mol. The molecule has 4 rings (SSSR count). The molecule has 1 amide bonds. The molecule has 0 radical (unpaired) electrons. The highest BCUT2D eigenvalue weighted by atomic mass is 19.4. The van der Waals surface area contributed by atoms with E-state index in [4.69, 9.17) is 14.6 Å². The Hall–Kier alpha value is -2.69. The summed E-state index contributed by atoms with van der Waals surface area (Å²) < 4.78 is 68.1. The third kappa shape index (κ3) is 5.44. The maximum atomic E-state index is 13.7. The van der Waals surface area contributed by atoms with Gasteiger partial charge in [0.2, 0.25) is 11.9 Å². The maximum absolute atomic E-state index is 13.7. The summed E-state index contributed by atoms with van der Waals surface area (Å²) in [6, 6.07) is 2.64. The number of carbonyl (C=O) groups is 1. The maximum Gasteiger partial charge on any atom is 0.418 e. The van der Waals surface area contributed by atoms with Crippen LogP contribution in [0.4, 0.5) is 28.0 Å². The van der Waals surface area contributed by atoms with E-state index in [0.717, 1.165) is 36.2 Å². The molecule has 192 valence electrons. The number of hydrogen-bond donors (Lipinski definition) is 0. The number of rotatable bonds is 3. The van der Waals surface area contributed by atoms with Crippen molar-refractivity contribution in [1.82, 2.24) is 4.90 Å². The Labute approximate surface area is 202 Å². The predicted octanol–water partition coefficient (Wildman–Crippen LogP) is 5.51. The Bertz CT molecular complexity index is 1040. The number of likely N-dealkylation sites (N-methyl/N-ethyl adjacent to an activating group) is 1. The van der Waals surface area contributed by atoms with Gasteiger partial charge < -0.3 is 14.4 Å². The standard InChI is InChI=1S/C24H31F4N4O3/c1-23(2,3)35-22(33)31-11-10-16-19(14-31)32(20-7-5-6-12-34-20)29-21(16)30(4)18-9-8-15(25)13-17(18)24(26,27)28/h8-9,13,20-21H,5-7,10-12,14H2,1-4H3/q+1. The first-order chi connectivity index (χ1) is 16.3. The van der Waals surface area contributed by atoms with E-state index in [1.807, 2.05) is 0 Å². The normalized spacial score (nSPS) is 23.2. The fourth-order valence-electron chi connectivity index (χ4n) is 4.65. The van der Waals surface area contributed by atoms with Crippen molar-refractivity contribution in [3.63, 3.8) is 0 Å². The zero-order valence-electron chi connectivity index (χ0n) is 20.4. The Morgan fingerprint density at radius 2 is 2.00 bits per heavy atom. The summed E-state index contributed by atoms with van der Waals surface area (Å²) in [7, 11) is 1.52. The van der Waals surface area contributed by atoms with Crippen LogP contribution in [0.2, 0.25) is 0 Å². The van der Waals surface area contributed by atoms with E-state index in [9.17, 15) is 22.4 Å². The average Bonchev–Trinajstić information content (AvgIpc) is 3.16. The molecule has 3 aliphatic heterocycles. The third-order valence-electron chi connectivity index (χ3n) is 6.28. The smallest absolute Gasteiger partial charge is 0.418 e. The van der Waals surface area contributed by atoms with Crippen LogP contribution in [0.3, 0.4) is 0 Å². The van der Waals surface area contributed by atoms with E-state index in [-0.39, 0.29) is 18.5 Å². The lowest BCUT2D eigenvalue weighted by Crippen LogP contribution is -2.44. The van der Waals surface area contributed by atoms with Gasteiger partial charge >= 0.3 is 12.3 Å². The lowest BCUT2D eigenvalue weighted by Gasteiger charge is -2.31. The van der Waals surface area contributed by atoms with Gasteiger partial charge in [0.05, 0.1) is 23.4 Å². The van der Waals surface area contributed by atoms with Crippen molar-refractivity contribution in [2.45, 2.75) is 70.6 Å². The van der Waals surface area contributed by atoms with Crippen molar-refractivity contribution < 1.29 is 36.5 Å². The van der Waals surface area contributed by atoms with Gasteiger partial charge in [-0.1, -0.05) is 4.70 Å². The van der Waals surface area contributed by atoms with Gasteiger partial charge in [-0.05, 0) is 63.3 Å². The van der Waals surface area contributed by atoms with Gasteiger partial charge in [-0.2, -0.15) is 13.2 Å². The van der Waals surface area contributed by atoms with E-state index in [1.165, 1.54) is 11.9 Å². The summed E-state index contributed by atoms with van der Waals surface area (Å²) in [5, 5.41) is 4.77. The molecular formula is C24H31F4N4O3+.